The fourth-order valence-corrected chi connectivity index (χ4v) is 2.83. The third-order valence-corrected chi connectivity index (χ3v) is 4.27. The van der Waals surface area contributed by atoms with Gasteiger partial charge in [0.15, 0.2) is 0 Å². The minimum absolute atomic E-state index is 0.241. The second kappa shape index (κ2) is 7.26. The van der Waals surface area contributed by atoms with Crippen molar-refractivity contribution in [2.24, 2.45) is 0 Å². The van der Waals surface area contributed by atoms with Gasteiger partial charge < -0.3 is 4.90 Å². The molecular weight excluding hydrogens is 355 g/mol. The van der Waals surface area contributed by atoms with Crippen molar-refractivity contribution in [2.75, 3.05) is 7.05 Å². The Hall–Kier alpha value is -3.09. The Bertz CT molecular complexity index is 949. The van der Waals surface area contributed by atoms with Crippen LogP contribution in [0.3, 0.4) is 0 Å². The molecule has 0 aliphatic heterocycles. The van der Waals surface area contributed by atoms with Gasteiger partial charge in [-0.1, -0.05) is 36.4 Å². The Morgan fingerprint density at radius 1 is 1.11 bits per heavy atom. The van der Waals surface area contributed by atoms with Crippen LogP contribution in [0.15, 0.2) is 60.8 Å². The van der Waals surface area contributed by atoms with Crippen LogP contribution < -0.4 is 0 Å². The smallest absolute Gasteiger partial charge is 0.337 e. The van der Waals surface area contributed by atoms with Gasteiger partial charge >= 0.3 is 6.18 Å². The molecule has 0 radical (unpaired) electrons. The van der Waals surface area contributed by atoms with Crippen molar-refractivity contribution < 1.29 is 18.0 Å². The molecule has 1 amide bonds. The second-order valence-electron chi connectivity index (χ2n) is 6.25. The van der Waals surface area contributed by atoms with Crippen molar-refractivity contribution in [3.05, 3.63) is 83.2 Å². The molecule has 0 spiro atoms. The molecule has 0 fully saturated rings. The van der Waals surface area contributed by atoms with Crippen molar-refractivity contribution in [2.45, 2.75) is 19.6 Å². The van der Waals surface area contributed by atoms with E-state index >= 15 is 0 Å². The number of hydrogen-bond acceptors (Lipinski definition) is 2. The van der Waals surface area contributed by atoms with Gasteiger partial charge in [0.25, 0.3) is 5.91 Å². The topological polar surface area (TPSA) is 38.1 Å². The number of rotatable bonds is 4. The minimum Gasteiger partial charge on any atom is -0.337 e. The molecule has 0 unspecified atom stereocenters. The first-order valence-corrected chi connectivity index (χ1v) is 8.29. The van der Waals surface area contributed by atoms with Crippen LogP contribution in [0.4, 0.5) is 13.2 Å². The highest BCUT2D eigenvalue weighted by Gasteiger charge is 2.30. The van der Waals surface area contributed by atoms with Crippen LogP contribution in [0.25, 0.3) is 5.69 Å². The summed E-state index contributed by atoms with van der Waals surface area (Å²) in [4.78, 5) is 14.3. The van der Waals surface area contributed by atoms with Crippen LogP contribution in [0, 0.1) is 6.92 Å². The summed E-state index contributed by atoms with van der Waals surface area (Å²) in [7, 11) is 1.68. The third-order valence-electron chi connectivity index (χ3n) is 4.27. The first kappa shape index (κ1) is 18.7. The summed E-state index contributed by atoms with van der Waals surface area (Å²) in [6.07, 6.45) is -3.05. The van der Waals surface area contributed by atoms with Gasteiger partial charge in [-0.3, -0.25) is 4.79 Å². The van der Waals surface area contributed by atoms with Crippen LogP contribution in [-0.4, -0.2) is 27.6 Å². The number of aromatic nitrogens is 2. The molecule has 1 aromatic heterocycles. The molecule has 7 heteroatoms. The van der Waals surface area contributed by atoms with Crippen molar-refractivity contribution in [3.8, 4) is 5.69 Å². The minimum atomic E-state index is -4.44. The van der Waals surface area contributed by atoms with E-state index in [0.29, 0.717) is 17.8 Å². The van der Waals surface area contributed by atoms with Gasteiger partial charge in [0.2, 0.25) is 0 Å². The van der Waals surface area contributed by atoms with Gasteiger partial charge in [-0.15, -0.1) is 0 Å². The van der Waals surface area contributed by atoms with Crippen molar-refractivity contribution >= 4 is 5.91 Å². The third kappa shape index (κ3) is 4.02. The summed E-state index contributed by atoms with van der Waals surface area (Å²) in [6.45, 7) is 2.09. The van der Waals surface area contributed by atoms with E-state index in [9.17, 15) is 18.0 Å². The Labute approximate surface area is 154 Å². The summed E-state index contributed by atoms with van der Waals surface area (Å²) in [6, 6.07) is 14.4. The summed E-state index contributed by atoms with van der Waals surface area (Å²) in [5, 5.41) is 4.12. The van der Waals surface area contributed by atoms with Crippen molar-refractivity contribution in [3.63, 3.8) is 0 Å². The largest absolute Gasteiger partial charge is 0.416 e. The average Bonchev–Trinajstić information content (AvgIpc) is 3.02. The van der Waals surface area contributed by atoms with Gasteiger partial charge in [0, 0.05) is 13.6 Å². The standard InChI is InChI=1S/C20H18F3N3O/c1-14-18(19(27)25(2)13-15-7-4-3-5-8-15)12-24-26(14)17-10-6-9-16(11-17)20(21,22)23/h3-12H,13H2,1-2H3. The van der Waals surface area contributed by atoms with E-state index < -0.39 is 11.7 Å². The van der Waals surface area contributed by atoms with Gasteiger partial charge in [0.05, 0.1) is 28.7 Å². The van der Waals surface area contributed by atoms with E-state index in [4.69, 9.17) is 0 Å². The fraction of sp³-hybridized carbons (Fsp3) is 0.200. The number of nitrogens with zero attached hydrogens (tertiary/aromatic N) is 3. The van der Waals surface area contributed by atoms with Crippen LogP contribution in [-0.2, 0) is 12.7 Å². The van der Waals surface area contributed by atoms with E-state index in [1.165, 1.54) is 23.0 Å². The zero-order valence-corrected chi connectivity index (χ0v) is 14.9. The molecule has 0 aliphatic rings. The number of carbonyl (C=O) groups is 1. The molecule has 0 atom stereocenters. The van der Waals surface area contributed by atoms with E-state index in [0.717, 1.165) is 17.7 Å². The Morgan fingerprint density at radius 2 is 1.81 bits per heavy atom. The Morgan fingerprint density at radius 3 is 2.48 bits per heavy atom. The zero-order valence-electron chi connectivity index (χ0n) is 14.9. The van der Waals surface area contributed by atoms with E-state index in [1.807, 2.05) is 30.3 Å². The molecule has 0 saturated carbocycles. The maximum absolute atomic E-state index is 12.9. The maximum atomic E-state index is 12.9. The highest BCUT2D eigenvalue weighted by molar-refractivity contribution is 5.95. The number of carbonyl (C=O) groups excluding carboxylic acids is 1. The number of amides is 1. The van der Waals surface area contributed by atoms with Gasteiger partial charge in [-0.25, -0.2) is 4.68 Å². The lowest BCUT2D eigenvalue weighted by Gasteiger charge is -2.17. The maximum Gasteiger partial charge on any atom is 0.416 e. The summed E-state index contributed by atoms with van der Waals surface area (Å²) >= 11 is 0. The number of hydrogen-bond donors (Lipinski definition) is 0. The molecule has 140 valence electrons. The van der Waals surface area contributed by atoms with Gasteiger partial charge in [-0.2, -0.15) is 18.3 Å². The lowest BCUT2D eigenvalue weighted by molar-refractivity contribution is -0.137. The van der Waals surface area contributed by atoms with Crippen LogP contribution in [0.1, 0.15) is 27.2 Å². The lowest BCUT2D eigenvalue weighted by atomic mass is 10.1. The Balaban J connectivity index is 1.86. The van der Waals surface area contributed by atoms with Gasteiger partial charge in [0.1, 0.15) is 0 Å². The fourth-order valence-electron chi connectivity index (χ4n) is 2.83. The molecule has 0 saturated heterocycles. The zero-order chi connectivity index (χ0) is 19.6. The van der Waals surface area contributed by atoms with Crippen LogP contribution >= 0.6 is 0 Å². The molecule has 1 heterocycles. The molecule has 3 rings (SSSR count). The van der Waals surface area contributed by atoms with E-state index in [1.54, 1.807) is 18.9 Å². The number of alkyl halides is 3. The quantitative estimate of drug-likeness (QED) is 0.677. The SMILES string of the molecule is Cc1c(C(=O)N(C)Cc2ccccc2)cnn1-c1cccc(C(F)(F)F)c1. The summed E-state index contributed by atoms with van der Waals surface area (Å²) in [5.41, 5.74) is 1.32. The van der Waals surface area contributed by atoms with Crippen molar-refractivity contribution in [1.82, 2.24) is 14.7 Å². The number of halogens is 3. The van der Waals surface area contributed by atoms with E-state index in [-0.39, 0.29) is 11.6 Å². The normalized spacial score (nSPS) is 11.4. The van der Waals surface area contributed by atoms with Crippen molar-refractivity contribution in [1.29, 1.82) is 0 Å². The molecule has 4 nitrogen and oxygen atoms in total. The molecule has 0 N–H and O–H groups in total. The van der Waals surface area contributed by atoms with E-state index in [2.05, 4.69) is 5.10 Å². The molecule has 27 heavy (non-hydrogen) atoms. The highest BCUT2D eigenvalue weighted by atomic mass is 19.4. The molecule has 3 aromatic rings. The molecule has 0 bridgehead atoms. The monoisotopic (exact) mass is 373 g/mol. The number of benzene rings is 2. The average molecular weight is 373 g/mol. The summed E-state index contributed by atoms with van der Waals surface area (Å²) < 4.78 is 40.2. The molecule has 0 aliphatic carbocycles. The first-order chi connectivity index (χ1) is 12.8. The summed E-state index contributed by atoms with van der Waals surface area (Å²) in [5.74, 6) is -0.241. The molecule has 2 aromatic carbocycles. The first-order valence-electron chi connectivity index (χ1n) is 8.29. The van der Waals surface area contributed by atoms with Crippen LogP contribution in [0.2, 0.25) is 0 Å². The van der Waals surface area contributed by atoms with Gasteiger partial charge in [-0.05, 0) is 30.7 Å². The Kier molecular flexibility index (Phi) is 5.03. The second-order valence-corrected chi connectivity index (χ2v) is 6.25. The lowest BCUT2D eigenvalue weighted by Crippen LogP contribution is -2.26. The predicted molar refractivity (Wildman–Crippen MR) is 95.5 cm³/mol. The highest BCUT2D eigenvalue weighted by Crippen LogP contribution is 2.30. The predicted octanol–water partition coefficient (Wildman–Crippen LogP) is 4.47. The van der Waals surface area contributed by atoms with Crippen LogP contribution in [0.5, 0.6) is 0 Å². The molecular formula is C20H18F3N3O.